The molecule has 0 saturated carbocycles. The molecule has 0 fully saturated rings. The number of pyridine rings is 3. The third kappa shape index (κ3) is 12.9. The number of aryl methyl sites for hydroxylation is 1. The van der Waals surface area contributed by atoms with Crippen LogP contribution in [0, 0.1) is 17.8 Å². The van der Waals surface area contributed by atoms with Gasteiger partial charge in [0.25, 0.3) is 0 Å². The maximum absolute atomic E-state index is 6.30. The zero-order chi connectivity index (χ0) is 45.5. The third-order valence-corrected chi connectivity index (χ3v) is 13.1. The van der Waals surface area contributed by atoms with E-state index < -0.39 is 8.07 Å². The number of nitrogens with zero attached hydrogens (tertiary/aromatic N) is 3. The minimum atomic E-state index is -1.36. The molecule has 0 N–H and O–H groups in total. The Kier molecular flexibility index (Phi) is 15.7. The first-order chi connectivity index (χ1) is 30.5. The van der Waals surface area contributed by atoms with E-state index in [1.165, 1.54) is 44.1 Å². The van der Waals surface area contributed by atoms with Gasteiger partial charge in [0.05, 0.1) is 25.2 Å². The first kappa shape index (κ1) is 48.7. The number of hydrogen-bond donors (Lipinski definition) is 0. The number of hydrogen-bond acceptors (Lipinski definition) is 4. The first-order valence-corrected chi connectivity index (χ1v) is 26.0. The van der Waals surface area contributed by atoms with E-state index in [0.717, 1.165) is 57.4 Å². The minimum absolute atomic E-state index is 0. The molecule has 0 saturated heterocycles. The molecule has 9 rings (SSSR count). The van der Waals surface area contributed by atoms with E-state index in [9.17, 15) is 0 Å². The summed E-state index contributed by atoms with van der Waals surface area (Å²) in [7, 11) is -1.36. The van der Waals surface area contributed by atoms with Gasteiger partial charge in [-0.2, -0.15) is 0 Å². The van der Waals surface area contributed by atoms with Crippen molar-refractivity contribution in [1.29, 1.82) is 0 Å². The maximum atomic E-state index is 6.30. The van der Waals surface area contributed by atoms with E-state index >= 15 is 0 Å². The minimum Gasteiger partial charge on any atom is -0.455 e. The number of aromatic nitrogens is 3. The molecular weight excluding hydrogens is 987 g/mol. The van der Waals surface area contributed by atoms with Crippen molar-refractivity contribution in [3.8, 4) is 44.9 Å². The first-order valence-electron chi connectivity index (χ1n) is 22.5. The number of furan rings is 1. The largest absolute Gasteiger partial charge is 0.455 e. The average Bonchev–Trinajstić information content (AvgIpc) is 3.66. The van der Waals surface area contributed by atoms with Crippen molar-refractivity contribution in [2.45, 2.75) is 80.9 Å². The third-order valence-electron chi connectivity index (χ3n) is 11.0. The van der Waals surface area contributed by atoms with Crippen molar-refractivity contribution in [3.05, 3.63) is 193 Å². The van der Waals surface area contributed by atoms with Gasteiger partial charge in [-0.1, -0.05) is 176 Å². The standard InChI is InChI=1S/C24H17NO.C19H27NSi.C16H19N.Ir/c1-16-13-14-25-21(15-16)19-10-5-11-20-23-18(17-7-3-2-4-8-17)9-6-12-22(23)26-24(19)20;1-19(2,3)13-16-12-17(15-10-8-7-9-11-15)20-14-18(16)21(4,5)6;1-16(2,3)12-13-9-10-17-15(11-13)14-7-5-4-6-8-14;/h2-15H,1H3;7-12,14H,13H2,1-6H3;4-11H,12H2,1-3H3;. The number of fused-ring (bicyclic) bond motifs is 3. The molecule has 0 aliphatic rings. The van der Waals surface area contributed by atoms with Crippen LogP contribution >= 0.6 is 0 Å². The van der Waals surface area contributed by atoms with Crippen molar-refractivity contribution < 1.29 is 24.5 Å². The topological polar surface area (TPSA) is 51.8 Å². The zero-order valence-electron chi connectivity index (χ0n) is 39.7. The molecule has 333 valence electrons. The Balaban J connectivity index is 0.000000164. The molecule has 0 atom stereocenters. The summed E-state index contributed by atoms with van der Waals surface area (Å²) in [5, 5.41) is 3.78. The summed E-state index contributed by atoms with van der Waals surface area (Å²) >= 11 is 0. The molecule has 0 unspecified atom stereocenters. The van der Waals surface area contributed by atoms with Crippen molar-refractivity contribution in [3.63, 3.8) is 0 Å². The van der Waals surface area contributed by atoms with Gasteiger partial charge in [0, 0.05) is 66.2 Å². The van der Waals surface area contributed by atoms with E-state index in [1.54, 1.807) is 0 Å². The molecular formula is C59H63IrN3OSi. The van der Waals surface area contributed by atoms with Crippen LogP contribution in [0.25, 0.3) is 66.8 Å². The Bertz CT molecular complexity index is 2940. The summed E-state index contributed by atoms with van der Waals surface area (Å²) in [6, 6.07) is 54.5. The fourth-order valence-corrected chi connectivity index (χ4v) is 9.79. The Hall–Kier alpha value is -5.78. The van der Waals surface area contributed by atoms with Crippen LogP contribution in [0.5, 0.6) is 0 Å². The summed E-state index contributed by atoms with van der Waals surface area (Å²) in [6.07, 6.45) is 8.07. The quantitative estimate of drug-likeness (QED) is 0.149. The molecule has 4 heterocycles. The number of para-hydroxylation sites is 1. The van der Waals surface area contributed by atoms with Crippen molar-refractivity contribution >= 4 is 35.2 Å². The van der Waals surface area contributed by atoms with Crippen LogP contribution in [0.1, 0.15) is 58.2 Å². The predicted octanol–water partition coefficient (Wildman–Crippen LogP) is 15.8. The summed E-state index contributed by atoms with van der Waals surface area (Å²) < 4.78 is 6.30. The van der Waals surface area contributed by atoms with Gasteiger partial charge in [-0.25, -0.2) is 0 Å². The van der Waals surface area contributed by atoms with E-state index in [0.29, 0.717) is 10.8 Å². The zero-order valence-corrected chi connectivity index (χ0v) is 43.1. The van der Waals surface area contributed by atoms with E-state index in [4.69, 9.17) is 9.40 Å². The van der Waals surface area contributed by atoms with Gasteiger partial charge in [0.1, 0.15) is 11.2 Å². The normalized spacial score (nSPS) is 11.5. The van der Waals surface area contributed by atoms with Crippen molar-refractivity contribution in [2.75, 3.05) is 0 Å². The van der Waals surface area contributed by atoms with E-state index in [2.05, 4.69) is 206 Å². The Morgan fingerprint density at radius 1 is 0.508 bits per heavy atom. The van der Waals surface area contributed by atoms with Gasteiger partial charge in [-0.05, 0) is 106 Å². The van der Waals surface area contributed by atoms with Gasteiger partial charge < -0.3 is 4.42 Å². The monoisotopic (exact) mass is 1050 g/mol. The molecule has 65 heavy (non-hydrogen) atoms. The van der Waals surface area contributed by atoms with Gasteiger partial charge in [-0.15, -0.1) is 0 Å². The molecule has 4 nitrogen and oxygen atoms in total. The second-order valence-electron chi connectivity index (χ2n) is 20.3. The van der Waals surface area contributed by atoms with Gasteiger partial charge in [0.15, 0.2) is 0 Å². The van der Waals surface area contributed by atoms with Crippen molar-refractivity contribution in [2.24, 2.45) is 10.8 Å². The average molecular weight is 1050 g/mol. The SMILES string of the molecule is CC(C)(C)Cc1cc(-c2ccccc2)ncc1[Si](C)(C)C.CC(C)(C)Cc1ccnc(-c2ccccc2)c1.Cc1ccnc(-c2cccc3c2oc2cccc(-c4ccccc4)c23)c1.[Ir]. The molecule has 5 aromatic carbocycles. The fourth-order valence-electron chi connectivity index (χ4n) is 8.21. The van der Waals surface area contributed by atoms with Gasteiger partial charge in [0.2, 0.25) is 0 Å². The van der Waals surface area contributed by atoms with Gasteiger partial charge in [-0.3, -0.25) is 15.0 Å². The number of rotatable bonds is 7. The summed E-state index contributed by atoms with van der Waals surface area (Å²) in [4.78, 5) is 13.7. The van der Waals surface area contributed by atoms with Crippen LogP contribution in [0.15, 0.2) is 181 Å². The second kappa shape index (κ2) is 21.0. The molecule has 0 bridgehead atoms. The molecule has 1 radical (unpaired) electrons. The van der Waals surface area contributed by atoms with Crippen molar-refractivity contribution in [1.82, 2.24) is 15.0 Å². The van der Waals surface area contributed by atoms with Crippen LogP contribution in [0.3, 0.4) is 0 Å². The maximum Gasteiger partial charge on any atom is 0.144 e. The second-order valence-corrected chi connectivity index (χ2v) is 25.3. The van der Waals surface area contributed by atoms with Crippen LogP contribution in [0.2, 0.25) is 19.6 Å². The smallest absolute Gasteiger partial charge is 0.144 e. The van der Waals surface area contributed by atoms with Crippen LogP contribution in [-0.4, -0.2) is 23.0 Å². The van der Waals surface area contributed by atoms with E-state index in [-0.39, 0.29) is 20.1 Å². The molecule has 0 aliphatic carbocycles. The van der Waals surface area contributed by atoms with Gasteiger partial charge >= 0.3 is 0 Å². The molecule has 9 aromatic rings. The Morgan fingerprint density at radius 3 is 1.63 bits per heavy atom. The Labute approximate surface area is 402 Å². The van der Waals surface area contributed by atoms with Crippen LogP contribution in [-0.2, 0) is 32.9 Å². The summed E-state index contributed by atoms with van der Waals surface area (Å²) in [5.41, 5.74) is 15.3. The van der Waals surface area contributed by atoms with Crippen LogP contribution < -0.4 is 5.19 Å². The molecule has 0 aliphatic heterocycles. The van der Waals surface area contributed by atoms with Crippen LogP contribution in [0.4, 0.5) is 0 Å². The molecule has 4 aromatic heterocycles. The summed E-state index contributed by atoms with van der Waals surface area (Å²) in [5.74, 6) is 0. The van der Waals surface area contributed by atoms with E-state index in [1.807, 2.05) is 48.8 Å². The molecule has 0 amide bonds. The molecule has 0 spiro atoms. The summed E-state index contributed by atoms with van der Waals surface area (Å²) in [6.45, 7) is 23.0. The Morgan fingerprint density at radius 2 is 1.05 bits per heavy atom. The number of benzene rings is 5. The predicted molar refractivity (Wildman–Crippen MR) is 276 cm³/mol. The fraction of sp³-hybridized carbons (Fsp3) is 0.237. The molecule has 6 heteroatoms.